The maximum absolute atomic E-state index is 12.9. The molecule has 0 aliphatic rings. The molecule has 0 saturated carbocycles. The number of carbonyl (C=O) groups is 1. The number of aromatic nitrogens is 2. The quantitative estimate of drug-likeness (QED) is 0.329. The van der Waals surface area contributed by atoms with Crippen molar-refractivity contribution in [3.8, 4) is 28.5 Å². The molecule has 1 amide bonds. The Kier molecular flexibility index (Phi) is 5.13. The minimum atomic E-state index is -0.400. The van der Waals surface area contributed by atoms with E-state index in [1.807, 2.05) is 54.6 Å². The van der Waals surface area contributed by atoms with Gasteiger partial charge < -0.3 is 19.5 Å². The Bertz CT molecular complexity index is 1400. The molecular weight excluding hydrogens is 426 g/mol. The summed E-state index contributed by atoms with van der Waals surface area (Å²) in [5, 5.41) is 3.42. The highest BCUT2D eigenvalue weighted by Crippen LogP contribution is 2.32. The van der Waals surface area contributed by atoms with E-state index < -0.39 is 5.91 Å². The van der Waals surface area contributed by atoms with Gasteiger partial charge in [0.25, 0.3) is 5.91 Å². The zero-order valence-electron chi connectivity index (χ0n) is 17.1. The van der Waals surface area contributed by atoms with E-state index in [2.05, 4.69) is 15.3 Å². The van der Waals surface area contributed by atoms with Gasteiger partial charge in [0.1, 0.15) is 17.3 Å². The summed E-state index contributed by atoms with van der Waals surface area (Å²) < 4.78 is 11.2. The second kappa shape index (κ2) is 8.24. The summed E-state index contributed by atoms with van der Waals surface area (Å²) in [7, 11) is 1.55. The fraction of sp³-hybridized carbons (Fsp3) is 0.0400. The predicted molar refractivity (Wildman–Crippen MR) is 125 cm³/mol. The van der Waals surface area contributed by atoms with E-state index in [4.69, 9.17) is 20.8 Å². The van der Waals surface area contributed by atoms with Gasteiger partial charge in [-0.05, 0) is 54.6 Å². The highest BCUT2D eigenvalue weighted by molar-refractivity contribution is 6.33. The fourth-order valence-corrected chi connectivity index (χ4v) is 3.72. The van der Waals surface area contributed by atoms with Crippen LogP contribution in [0, 0.1) is 0 Å². The van der Waals surface area contributed by atoms with Gasteiger partial charge in [0.15, 0.2) is 5.76 Å². The molecule has 2 aromatic heterocycles. The predicted octanol–water partition coefficient (Wildman–Crippen LogP) is 6.40. The second-order valence-electron chi connectivity index (χ2n) is 7.12. The van der Waals surface area contributed by atoms with E-state index in [9.17, 15) is 4.79 Å². The van der Waals surface area contributed by atoms with Crippen molar-refractivity contribution in [3.05, 3.63) is 89.6 Å². The van der Waals surface area contributed by atoms with E-state index in [1.54, 1.807) is 31.4 Å². The Balaban J connectivity index is 1.44. The lowest BCUT2D eigenvalue weighted by molar-refractivity contribution is 0.0997. The van der Waals surface area contributed by atoms with Crippen molar-refractivity contribution in [2.75, 3.05) is 12.4 Å². The molecule has 0 bridgehead atoms. The lowest BCUT2D eigenvalue weighted by atomic mass is 10.1. The fourth-order valence-electron chi connectivity index (χ4n) is 3.49. The first-order chi connectivity index (χ1) is 15.6. The van der Waals surface area contributed by atoms with E-state index in [-0.39, 0.29) is 5.76 Å². The van der Waals surface area contributed by atoms with Gasteiger partial charge in [0.05, 0.1) is 28.9 Å². The van der Waals surface area contributed by atoms with Crippen LogP contribution in [0.1, 0.15) is 10.6 Å². The average Bonchev–Trinajstić information content (AvgIpc) is 3.47. The number of halogens is 1. The number of ether oxygens (including phenoxy) is 1. The molecule has 0 aliphatic heterocycles. The molecule has 5 aromatic rings. The number of furan rings is 1. The van der Waals surface area contributed by atoms with Gasteiger partial charge in [-0.3, -0.25) is 4.79 Å². The second-order valence-corrected chi connectivity index (χ2v) is 7.52. The van der Waals surface area contributed by atoms with Crippen molar-refractivity contribution in [2.24, 2.45) is 0 Å². The molecule has 0 saturated heterocycles. The third-order valence-corrected chi connectivity index (χ3v) is 5.41. The highest BCUT2D eigenvalue weighted by atomic mass is 35.5. The molecule has 0 fully saturated rings. The van der Waals surface area contributed by atoms with Gasteiger partial charge in [0.2, 0.25) is 0 Å². The van der Waals surface area contributed by atoms with E-state index in [0.717, 1.165) is 22.2 Å². The SMILES string of the molecule is COc1ccc(-c2nc3ccccc3[nH]2)cc1NC(=O)c1ccc(-c2ccccc2Cl)o1. The third kappa shape index (κ3) is 3.72. The summed E-state index contributed by atoms with van der Waals surface area (Å²) >= 11 is 6.24. The van der Waals surface area contributed by atoms with Gasteiger partial charge in [-0.25, -0.2) is 4.98 Å². The van der Waals surface area contributed by atoms with Crippen molar-refractivity contribution < 1.29 is 13.9 Å². The number of imidazole rings is 1. The summed E-state index contributed by atoms with van der Waals surface area (Å²) in [6.07, 6.45) is 0. The van der Waals surface area contributed by atoms with Crippen LogP contribution in [0.3, 0.4) is 0 Å². The van der Waals surface area contributed by atoms with Crippen molar-refractivity contribution in [1.82, 2.24) is 9.97 Å². The van der Waals surface area contributed by atoms with Crippen molar-refractivity contribution in [2.45, 2.75) is 0 Å². The van der Waals surface area contributed by atoms with Gasteiger partial charge in [-0.15, -0.1) is 0 Å². The number of anilines is 1. The number of para-hydroxylation sites is 2. The van der Waals surface area contributed by atoms with Crippen LogP contribution in [0.15, 0.2) is 83.3 Å². The van der Waals surface area contributed by atoms with Crippen molar-refractivity contribution in [3.63, 3.8) is 0 Å². The first kappa shape index (κ1) is 19.9. The number of nitrogens with zero attached hydrogens (tertiary/aromatic N) is 1. The molecular formula is C25H18ClN3O3. The number of methoxy groups -OCH3 is 1. The standard InChI is InChI=1S/C25H18ClN3O3/c1-31-22-11-10-15(24-27-18-8-4-5-9-19(18)28-24)14-20(22)29-25(30)23-13-12-21(32-23)16-6-2-3-7-17(16)26/h2-14H,1H3,(H,27,28)(H,29,30). The summed E-state index contributed by atoms with van der Waals surface area (Å²) in [6.45, 7) is 0. The molecule has 6 nitrogen and oxygen atoms in total. The molecule has 0 unspecified atom stereocenters. The lowest BCUT2D eigenvalue weighted by Crippen LogP contribution is -2.11. The van der Waals surface area contributed by atoms with E-state index in [1.165, 1.54) is 0 Å². The van der Waals surface area contributed by atoms with Crippen LogP contribution in [0.5, 0.6) is 5.75 Å². The van der Waals surface area contributed by atoms with Crippen LogP contribution in [0.25, 0.3) is 33.7 Å². The van der Waals surface area contributed by atoms with E-state index >= 15 is 0 Å². The molecule has 0 aliphatic carbocycles. The van der Waals surface area contributed by atoms with E-state index in [0.29, 0.717) is 28.0 Å². The van der Waals surface area contributed by atoms with Crippen LogP contribution < -0.4 is 10.1 Å². The molecule has 7 heteroatoms. The summed E-state index contributed by atoms with van der Waals surface area (Å²) in [4.78, 5) is 20.8. The van der Waals surface area contributed by atoms with Crippen LogP contribution in [-0.2, 0) is 0 Å². The monoisotopic (exact) mass is 443 g/mol. The van der Waals surface area contributed by atoms with Crippen LogP contribution >= 0.6 is 11.6 Å². The van der Waals surface area contributed by atoms with Crippen LogP contribution in [-0.4, -0.2) is 23.0 Å². The van der Waals surface area contributed by atoms with Gasteiger partial charge >= 0.3 is 0 Å². The molecule has 3 aromatic carbocycles. The molecule has 2 heterocycles. The normalized spacial score (nSPS) is 10.9. The molecule has 0 atom stereocenters. The largest absolute Gasteiger partial charge is 0.495 e. The van der Waals surface area contributed by atoms with Crippen molar-refractivity contribution >= 4 is 34.2 Å². The first-order valence-electron chi connectivity index (χ1n) is 9.91. The number of carbonyl (C=O) groups excluding carboxylic acids is 1. The van der Waals surface area contributed by atoms with Gasteiger partial charge in [-0.1, -0.05) is 35.9 Å². The number of fused-ring (bicyclic) bond motifs is 1. The number of H-pyrrole nitrogens is 1. The summed E-state index contributed by atoms with van der Waals surface area (Å²) in [5.74, 6) is 1.50. The molecule has 158 valence electrons. The Hall–Kier alpha value is -4.03. The lowest BCUT2D eigenvalue weighted by Gasteiger charge is -2.11. The first-order valence-corrected chi connectivity index (χ1v) is 10.3. The number of benzene rings is 3. The minimum absolute atomic E-state index is 0.163. The number of aromatic amines is 1. The minimum Gasteiger partial charge on any atom is -0.495 e. The molecule has 5 rings (SSSR count). The Morgan fingerprint density at radius 3 is 2.66 bits per heavy atom. The summed E-state index contributed by atoms with van der Waals surface area (Å²) in [6, 6.07) is 23.9. The van der Waals surface area contributed by atoms with Gasteiger partial charge in [-0.2, -0.15) is 0 Å². The molecule has 32 heavy (non-hydrogen) atoms. The van der Waals surface area contributed by atoms with Gasteiger partial charge in [0, 0.05) is 11.1 Å². The number of hydrogen-bond donors (Lipinski definition) is 2. The zero-order chi connectivity index (χ0) is 22.1. The molecule has 0 spiro atoms. The van der Waals surface area contributed by atoms with Crippen LogP contribution in [0.2, 0.25) is 5.02 Å². The zero-order valence-corrected chi connectivity index (χ0v) is 17.8. The van der Waals surface area contributed by atoms with Crippen LogP contribution in [0.4, 0.5) is 5.69 Å². The smallest absolute Gasteiger partial charge is 0.291 e. The summed E-state index contributed by atoms with van der Waals surface area (Å²) in [5.41, 5.74) is 3.84. The van der Waals surface area contributed by atoms with Crippen molar-refractivity contribution in [1.29, 1.82) is 0 Å². The number of nitrogens with one attached hydrogen (secondary N) is 2. The third-order valence-electron chi connectivity index (χ3n) is 5.08. The maximum Gasteiger partial charge on any atom is 0.291 e. The number of rotatable bonds is 5. The topological polar surface area (TPSA) is 80.1 Å². The number of hydrogen-bond acceptors (Lipinski definition) is 4. The Labute approximate surface area is 188 Å². The average molecular weight is 444 g/mol. The maximum atomic E-state index is 12.9. The Morgan fingerprint density at radius 1 is 1.03 bits per heavy atom. The Morgan fingerprint density at radius 2 is 1.84 bits per heavy atom. The molecule has 0 radical (unpaired) electrons. The highest BCUT2D eigenvalue weighted by Gasteiger charge is 2.17. The number of amides is 1. The molecule has 2 N–H and O–H groups in total.